The molecule has 2 aliphatic rings. The maximum Gasteiger partial charge on any atom is 0.253 e. The van der Waals surface area contributed by atoms with Crippen LogP contribution in [0.1, 0.15) is 28.8 Å². The van der Waals surface area contributed by atoms with E-state index in [9.17, 15) is 4.79 Å². The van der Waals surface area contributed by atoms with Gasteiger partial charge in [-0.2, -0.15) is 0 Å². The van der Waals surface area contributed by atoms with Gasteiger partial charge in [0.25, 0.3) is 5.91 Å². The molecule has 1 aromatic rings. The summed E-state index contributed by atoms with van der Waals surface area (Å²) in [5.41, 5.74) is 8.65. The molecule has 3 rings (SSSR count). The van der Waals surface area contributed by atoms with Gasteiger partial charge < -0.3 is 16.0 Å². The van der Waals surface area contributed by atoms with Crippen LogP contribution in [0.15, 0.2) is 18.2 Å². The van der Waals surface area contributed by atoms with Crippen molar-refractivity contribution in [2.24, 2.45) is 5.41 Å². The minimum Gasteiger partial charge on any atom is -0.398 e. The fraction of sp³-hybridized carbons (Fsp3) is 0.533. The third-order valence-corrected chi connectivity index (χ3v) is 4.58. The van der Waals surface area contributed by atoms with Gasteiger partial charge in [-0.15, -0.1) is 0 Å². The zero-order valence-corrected chi connectivity index (χ0v) is 11.4. The van der Waals surface area contributed by atoms with Crippen LogP contribution in [0, 0.1) is 12.3 Å². The van der Waals surface area contributed by atoms with E-state index in [-0.39, 0.29) is 5.91 Å². The van der Waals surface area contributed by atoms with E-state index in [0.717, 1.165) is 38.2 Å². The van der Waals surface area contributed by atoms with Crippen LogP contribution in [0.4, 0.5) is 5.69 Å². The predicted molar refractivity (Wildman–Crippen MR) is 76.0 cm³/mol. The van der Waals surface area contributed by atoms with Gasteiger partial charge in [0.1, 0.15) is 0 Å². The zero-order valence-electron chi connectivity index (χ0n) is 11.4. The number of nitrogen functional groups attached to an aromatic ring is 1. The van der Waals surface area contributed by atoms with Crippen LogP contribution >= 0.6 is 0 Å². The molecule has 4 heteroatoms. The molecule has 0 radical (unpaired) electrons. The first-order valence-corrected chi connectivity index (χ1v) is 6.96. The quantitative estimate of drug-likeness (QED) is 0.750. The summed E-state index contributed by atoms with van der Waals surface area (Å²) in [4.78, 5) is 14.5. The van der Waals surface area contributed by atoms with Gasteiger partial charge in [-0.25, -0.2) is 0 Å². The second-order valence-electron chi connectivity index (χ2n) is 5.97. The Morgan fingerprint density at radius 1 is 1.42 bits per heavy atom. The van der Waals surface area contributed by atoms with Crippen molar-refractivity contribution in [1.29, 1.82) is 0 Å². The van der Waals surface area contributed by atoms with Crippen molar-refractivity contribution >= 4 is 11.6 Å². The van der Waals surface area contributed by atoms with Crippen molar-refractivity contribution < 1.29 is 4.79 Å². The number of nitrogens with one attached hydrogen (secondary N) is 1. The van der Waals surface area contributed by atoms with Crippen molar-refractivity contribution in [1.82, 2.24) is 10.2 Å². The van der Waals surface area contributed by atoms with Crippen molar-refractivity contribution in [2.75, 3.05) is 31.9 Å². The summed E-state index contributed by atoms with van der Waals surface area (Å²) in [5.74, 6) is 0.121. The highest BCUT2D eigenvalue weighted by atomic mass is 16.2. The lowest BCUT2D eigenvalue weighted by molar-refractivity contribution is 0.0776. The molecule has 0 aromatic heterocycles. The summed E-state index contributed by atoms with van der Waals surface area (Å²) in [7, 11) is 0. The van der Waals surface area contributed by atoms with Crippen LogP contribution in [0.25, 0.3) is 0 Å². The first kappa shape index (κ1) is 12.5. The molecule has 2 aliphatic heterocycles. The van der Waals surface area contributed by atoms with E-state index >= 15 is 0 Å². The number of hydrogen-bond acceptors (Lipinski definition) is 3. The van der Waals surface area contributed by atoms with E-state index in [1.165, 1.54) is 6.42 Å². The van der Waals surface area contributed by atoms with Crippen LogP contribution in [0.2, 0.25) is 0 Å². The van der Waals surface area contributed by atoms with Crippen molar-refractivity contribution in [3.8, 4) is 0 Å². The van der Waals surface area contributed by atoms with Gasteiger partial charge in [-0.1, -0.05) is 6.07 Å². The number of nitrogens with two attached hydrogens (primary N) is 1. The highest BCUT2D eigenvalue weighted by Crippen LogP contribution is 2.36. The smallest absolute Gasteiger partial charge is 0.253 e. The van der Waals surface area contributed by atoms with Crippen LogP contribution in [-0.2, 0) is 0 Å². The van der Waals surface area contributed by atoms with Crippen LogP contribution in [0.5, 0.6) is 0 Å². The van der Waals surface area contributed by atoms with E-state index in [1.807, 2.05) is 24.0 Å². The zero-order chi connectivity index (χ0) is 13.5. The summed E-state index contributed by atoms with van der Waals surface area (Å²) in [5, 5.41) is 3.41. The predicted octanol–water partition coefficient (Wildman–Crippen LogP) is 1.40. The Balaban J connectivity index is 1.76. The molecular weight excluding hydrogens is 238 g/mol. The SMILES string of the molecule is Cc1ccc(C(=O)N2CCC3(CCNC3)C2)cc1N. The Morgan fingerprint density at radius 3 is 2.95 bits per heavy atom. The molecule has 1 spiro atoms. The van der Waals surface area contributed by atoms with E-state index in [2.05, 4.69) is 5.32 Å². The van der Waals surface area contributed by atoms with Crippen LogP contribution in [-0.4, -0.2) is 37.0 Å². The molecule has 1 aromatic carbocycles. The lowest BCUT2D eigenvalue weighted by atomic mass is 9.86. The second-order valence-corrected chi connectivity index (χ2v) is 5.97. The maximum absolute atomic E-state index is 12.5. The second kappa shape index (κ2) is 4.53. The fourth-order valence-electron chi connectivity index (χ4n) is 3.21. The number of anilines is 1. The van der Waals surface area contributed by atoms with Crippen molar-refractivity contribution in [3.05, 3.63) is 29.3 Å². The molecule has 1 unspecified atom stereocenters. The lowest BCUT2D eigenvalue weighted by Gasteiger charge is -2.23. The molecule has 2 heterocycles. The number of likely N-dealkylation sites (tertiary alicyclic amines) is 1. The number of rotatable bonds is 1. The Bertz CT molecular complexity index is 506. The molecule has 2 saturated heterocycles. The lowest BCUT2D eigenvalue weighted by Crippen LogP contribution is -2.33. The molecule has 2 fully saturated rings. The summed E-state index contributed by atoms with van der Waals surface area (Å²) in [6.45, 7) is 5.84. The molecule has 0 bridgehead atoms. The number of amides is 1. The Morgan fingerprint density at radius 2 is 2.26 bits per heavy atom. The number of aryl methyl sites for hydroxylation is 1. The first-order valence-electron chi connectivity index (χ1n) is 6.96. The van der Waals surface area contributed by atoms with Crippen molar-refractivity contribution in [3.63, 3.8) is 0 Å². The van der Waals surface area contributed by atoms with Gasteiger partial charge in [0.2, 0.25) is 0 Å². The highest BCUT2D eigenvalue weighted by Gasteiger charge is 2.41. The van der Waals surface area contributed by atoms with Gasteiger partial charge in [0.05, 0.1) is 0 Å². The molecule has 1 amide bonds. The summed E-state index contributed by atoms with van der Waals surface area (Å²) >= 11 is 0. The largest absolute Gasteiger partial charge is 0.398 e. The Hall–Kier alpha value is -1.55. The molecule has 3 N–H and O–H groups in total. The number of nitrogens with zero attached hydrogens (tertiary/aromatic N) is 1. The van der Waals surface area contributed by atoms with E-state index in [1.54, 1.807) is 6.07 Å². The minimum absolute atomic E-state index is 0.121. The average Bonchev–Trinajstić information content (AvgIpc) is 3.03. The van der Waals surface area contributed by atoms with Gasteiger partial charge in [0.15, 0.2) is 0 Å². The van der Waals surface area contributed by atoms with Gasteiger partial charge in [-0.3, -0.25) is 4.79 Å². The number of carbonyl (C=O) groups excluding carboxylic acids is 1. The monoisotopic (exact) mass is 259 g/mol. The fourth-order valence-corrected chi connectivity index (χ4v) is 3.21. The number of benzene rings is 1. The molecule has 0 saturated carbocycles. The molecule has 0 aliphatic carbocycles. The minimum atomic E-state index is 0.121. The summed E-state index contributed by atoms with van der Waals surface area (Å²) in [6.07, 6.45) is 2.31. The number of carbonyl (C=O) groups is 1. The third kappa shape index (κ3) is 2.21. The third-order valence-electron chi connectivity index (χ3n) is 4.58. The molecule has 4 nitrogen and oxygen atoms in total. The Labute approximate surface area is 114 Å². The first-order chi connectivity index (χ1) is 9.10. The van der Waals surface area contributed by atoms with E-state index in [0.29, 0.717) is 16.7 Å². The normalized spacial score (nSPS) is 26.3. The van der Waals surface area contributed by atoms with Gasteiger partial charge >= 0.3 is 0 Å². The maximum atomic E-state index is 12.5. The van der Waals surface area contributed by atoms with Gasteiger partial charge in [0, 0.05) is 36.3 Å². The molecule has 102 valence electrons. The topological polar surface area (TPSA) is 58.4 Å². The van der Waals surface area contributed by atoms with Gasteiger partial charge in [-0.05, 0) is 44.0 Å². The van der Waals surface area contributed by atoms with Crippen molar-refractivity contribution in [2.45, 2.75) is 19.8 Å². The van der Waals surface area contributed by atoms with Crippen LogP contribution in [0.3, 0.4) is 0 Å². The molecule has 1 atom stereocenters. The summed E-state index contributed by atoms with van der Waals surface area (Å²) in [6, 6.07) is 5.60. The standard InChI is InChI=1S/C15H21N3O/c1-11-2-3-12(8-13(11)16)14(19)18-7-5-15(10-18)4-6-17-9-15/h2-3,8,17H,4-7,9-10,16H2,1H3. The molecule has 19 heavy (non-hydrogen) atoms. The van der Waals surface area contributed by atoms with E-state index < -0.39 is 0 Å². The molecular formula is C15H21N3O. The summed E-state index contributed by atoms with van der Waals surface area (Å²) < 4.78 is 0. The highest BCUT2D eigenvalue weighted by molar-refractivity contribution is 5.95. The average molecular weight is 259 g/mol. The number of hydrogen-bond donors (Lipinski definition) is 2. The van der Waals surface area contributed by atoms with E-state index in [4.69, 9.17) is 5.73 Å². The van der Waals surface area contributed by atoms with Crippen LogP contribution < -0.4 is 11.1 Å². The Kier molecular flexibility index (Phi) is 2.97.